The smallest absolute Gasteiger partial charge is 0.264 e. The van der Waals surface area contributed by atoms with Crippen molar-refractivity contribution in [3.63, 3.8) is 0 Å². The topological polar surface area (TPSA) is 72.4 Å². The number of aryl methyl sites for hydroxylation is 1. The Labute approximate surface area is 162 Å². The van der Waals surface area contributed by atoms with Crippen molar-refractivity contribution in [1.82, 2.24) is 14.9 Å². The Morgan fingerprint density at radius 2 is 1.93 bits per heavy atom. The molecule has 142 valence electrons. The molecule has 1 atom stereocenters. The number of aromatic nitrogens is 2. The molecular weight excluding hydrogens is 362 g/mol. The van der Waals surface area contributed by atoms with Crippen molar-refractivity contribution in [2.24, 2.45) is 5.92 Å². The van der Waals surface area contributed by atoms with Crippen LogP contribution in [0.3, 0.4) is 0 Å². The molecule has 3 aromatic heterocycles. The van der Waals surface area contributed by atoms with Crippen molar-refractivity contribution in [3.05, 3.63) is 58.1 Å². The second kappa shape index (κ2) is 8.08. The molecule has 1 unspecified atom stereocenters. The number of rotatable bonds is 7. The van der Waals surface area contributed by atoms with Gasteiger partial charge in [0.2, 0.25) is 0 Å². The zero-order valence-corrected chi connectivity index (χ0v) is 16.2. The van der Waals surface area contributed by atoms with Crippen LogP contribution < -0.4 is 0 Å². The third-order valence-electron chi connectivity index (χ3n) is 5.05. The maximum Gasteiger partial charge on any atom is 0.264 e. The highest BCUT2D eigenvalue weighted by Gasteiger charge is 2.25. The summed E-state index contributed by atoms with van der Waals surface area (Å²) in [4.78, 5) is 25.5. The molecule has 3 heterocycles. The first kappa shape index (κ1) is 18.0. The zero-order valence-electron chi connectivity index (χ0n) is 15.4. The summed E-state index contributed by atoms with van der Waals surface area (Å²) >= 11 is 1.64. The molecule has 4 rings (SSSR count). The van der Waals surface area contributed by atoms with E-state index in [0.29, 0.717) is 13.1 Å². The van der Waals surface area contributed by atoms with Gasteiger partial charge < -0.3 is 13.7 Å². The Kier molecular flexibility index (Phi) is 5.38. The average Bonchev–Trinajstić information content (AvgIpc) is 3.42. The fourth-order valence-electron chi connectivity index (χ4n) is 3.74. The van der Waals surface area contributed by atoms with E-state index in [1.165, 1.54) is 42.5 Å². The first-order valence-corrected chi connectivity index (χ1v) is 10.2. The Morgan fingerprint density at radius 1 is 1.22 bits per heavy atom. The lowest BCUT2D eigenvalue weighted by molar-refractivity contribution is 0.0730. The largest absolute Gasteiger partial charge is 0.451 e. The van der Waals surface area contributed by atoms with E-state index in [1.54, 1.807) is 28.8 Å². The van der Waals surface area contributed by atoms with E-state index >= 15 is 0 Å². The van der Waals surface area contributed by atoms with Crippen molar-refractivity contribution in [1.29, 1.82) is 0 Å². The van der Waals surface area contributed by atoms with Gasteiger partial charge in [-0.05, 0) is 36.8 Å². The van der Waals surface area contributed by atoms with Crippen LogP contribution in [0.2, 0.25) is 0 Å². The van der Waals surface area contributed by atoms with Gasteiger partial charge in [-0.1, -0.05) is 19.8 Å². The summed E-state index contributed by atoms with van der Waals surface area (Å²) < 4.78 is 10.1. The van der Waals surface area contributed by atoms with Gasteiger partial charge in [-0.2, -0.15) is 0 Å². The molecule has 0 aromatic carbocycles. The minimum Gasteiger partial charge on any atom is -0.451 e. The SMILES string of the molecule is CCCC1CCc2sc(C(=O)N(Cc3cocn3)Cc3cocn3)cc2C1. The van der Waals surface area contributed by atoms with Crippen LogP contribution in [0.4, 0.5) is 0 Å². The molecule has 0 N–H and O–H groups in total. The lowest BCUT2D eigenvalue weighted by Crippen LogP contribution is -2.29. The highest BCUT2D eigenvalue weighted by atomic mass is 32.1. The van der Waals surface area contributed by atoms with E-state index < -0.39 is 0 Å². The molecule has 1 amide bonds. The molecule has 7 heteroatoms. The molecule has 1 aliphatic rings. The molecule has 0 spiro atoms. The number of carbonyl (C=O) groups excluding carboxylic acids is 1. The Morgan fingerprint density at radius 3 is 2.52 bits per heavy atom. The van der Waals surface area contributed by atoms with Gasteiger partial charge in [0.15, 0.2) is 12.8 Å². The third-order valence-corrected chi connectivity index (χ3v) is 6.28. The molecule has 0 radical (unpaired) electrons. The zero-order chi connectivity index (χ0) is 18.6. The van der Waals surface area contributed by atoms with E-state index in [4.69, 9.17) is 8.83 Å². The van der Waals surface area contributed by atoms with Gasteiger partial charge in [0, 0.05) is 4.88 Å². The van der Waals surface area contributed by atoms with Crippen LogP contribution in [0.5, 0.6) is 0 Å². The monoisotopic (exact) mass is 385 g/mol. The maximum atomic E-state index is 13.2. The van der Waals surface area contributed by atoms with Gasteiger partial charge in [0.1, 0.15) is 12.5 Å². The number of hydrogen-bond donors (Lipinski definition) is 0. The summed E-state index contributed by atoms with van der Waals surface area (Å²) in [6.45, 7) is 3.00. The van der Waals surface area contributed by atoms with Crippen LogP contribution >= 0.6 is 11.3 Å². The Bertz CT molecular complexity index is 834. The first-order chi connectivity index (χ1) is 13.2. The van der Waals surface area contributed by atoms with Gasteiger partial charge in [0.25, 0.3) is 5.91 Å². The first-order valence-electron chi connectivity index (χ1n) is 9.38. The Hall–Kier alpha value is -2.41. The summed E-state index contributed by atoms with van der Waals surface area (Å²) in [6, 6.07) is 2.10. The highest BCUT2D eigenvalue weighted by molar-refractivity contribution is 7.14. The number of amides is 1. The fourth-order valence-corrected chi connectivity index (χ4v) is 4.91. The lowest BCUT2D eigenvalue weighted by atomic mass is 9.85. The van der Waals surface area contributed by atoms with Gasteiger partial charge in [-0.15, -0.1) is 11.3 Å². The van der Waals surface area contributed by atoms with Crippen molar-refractivity contribution < 1.29 is 13.6 Å². The standard InChI is InChI=1S/C20H23N3O3S/c1-2-3-14-4-5-18-15(6-14)7-19(27-18)20(24)23(8-16-10-25-12-21-16)9-17-11-26-13-22-17/h7,10-14H,2-6,8-9H2,1H3. The summed E-state index contributed by atoms with van der Waals surface area (Å²) in [5, 5.41) is 0. The second-order valence-corrected chi connectivity index (χ2v) is 8.21. The highest BCUT2D eigenvalue weighted by Crippen LogP contribution is 2.34. The summed E-state index contributed by atoms with van der Waals surface area (Å²) in [5.74, 6) is 0.758. The van der Waals surface area contributed by atoms with E-state index in [9.17, 15) is 4.79 Å². The van der Waals surface area contributed by atoms with Crippen LogP contribution in [0.1, 0.15) is 57.7 Å². The number of oxazole rings is 2. The van der Waals surface area contributed by atoms with Crippen molar-refractivity contribution in [2.75, 3.05) is 0 Å². The Balaban J connectivity index is 1.54. The second-order valence-electron chi connectivity index (χ2n) is 7.08. The molecule has 27 heavy (non-hydrogen) atoms. The quantitative estimate of drug-likeness (QED) is 0.600. The maximum absolute atomic E-state index is 13.2. The van der Waals surface area contributed by atoms with Crippen LogP contribution in [0.25, 0.3) is 0 Å². The van der Waals surface area contributed by atoms with E-state index in [1.807, 2.05) is 0 Å². The number of fused-ring (bicyclic) bond motifs is 1. The van der Waals surface area contributed by atoms with Crippen LogP contribution in [0.15, 0.2) is 40.2 Å². The van der Waals surface area contributed by atoms with Crippen LogP contribution in [-0.2, 0) is 25.9 Å². The van der Waals surface area contributed by atoms with Gasteiger partial charge in [-0.25, -0.2) is 9.97 Å². The van der Waals surface area contributed by atoms with Crippen molar-refractivity contribution >= 4 is 17.2 Å². The molecular formula is C20H23N3O3S. The molecule has 6 nitrogen and oxygen atoms in total. The summed E-state index contributed by atoms with van der Waals surface area (Å²) in [5.41, 5.74) is 2.79. The molecule has 1 aliphatic carbocycles. The molecule has 0 fully saturated rings. The number of carbonyl (C=O) groups is 1. The molecule has 0 saturated carbocycles. The normalized spacial score (nSPS) is 16.3. The number of thiophene rings is 1. The molecule has 0 bridgehead atoms. The molecule has 3 aromatic rings. The van der Waals surface area contributed by atoms with E-state index in [2.05, 4.69) is 23.0 Å². The van der Waals surface area contributed by atoms with Crippen LogP contribution in [-0.4, -0.2) is 20.8 Å². The summed E-state index contributed by atoms with van der Waals surface area (Å²) in [7, 11) is 0. The fraction of sp³-hybridized carbons (Fsp3) is 0.450. The van der Waals surface area contributed by atoms with E-state index in [-0.39, 0.29) is 5.91 Å². The predicted molar refractivity (Wildman–Crippen MR) is 101 cm³/mol. The van der Waals surface area contributed by atoms with Crippen molar-refractivity contribution in [3.8, 4) is 0 Å². The minimum absolute atomic E-state index is 0.00689. The van der Waals surface area contributed by atoms with E-state index in [0.717, 1.165) is 35.0 Å². The number of hydrogen-bond acceptors (Lipinski definition) is 6. The van der Waals surface area contributed by atoms with Crippen LogP contribution in [0, 0.1) is 5.92 Å². The van der Waals surface area contributed by atoms with Crippen molar-refractivity contribution in [2.45, 2.75) is 52.1 Å². The molecule has 0 aliphatic heterocycles. The lowest BCUT2D eigenvalue weighted by Gasteiger charge is -2.21. The molecule has 0 saturated heterocycles. The van der Waals surface area contributed by atoms with Gasteiger partial charge >= 0.3 is 0 Å². The number of nitrogens with zero attached hydrogens (tertiary/aromatic N) is 3. The van der Waals surface area contributed by atoms with Gasteiger partial charge in [0.05, 0.1) is 29.4 Å². The van der Waals surface area contributed by atoms with Gasteiger partial charge in [-0.3, -0.25) is 4.79 Å². The average molecular weight is 385 g/mol. The summed E-state index contributed by atoms with van der Waals surface area (Å²) in [6.07, 6.45) is 11.8. The minimum atomic E-state index is 0.00689. The predicted octanol–water partition coefficient (Wildman–Crippen LogP) is 4.47. The third kappa shape index (κ3) is 4.13.